The summed E-state index contributed by atoms with van der Waals surface area (Å²) in [4.78, 5) is 35.3. The van der Waals surface area contributed by atoms with Crippen LogP contribution in [0.3, 0.4) is 0 Å². The van der Waals surface area contributed by atoms with Crippen molar-refractivity contribution in [1.82, 2.24) is 0 Å². The van der Waals surface area contributed by atoms with Crippen molar-refractivity contribution < 1.29 is 37.6 Å². The first-order chi connectivity index (χ1) is 39.8. The molecule has 0 heterocycles. The molecule has 2 atom stereocenters. The van der Waals surface area contributed by atoms with E-state index in [1.165, 1.54) is 308 Å². The molecule has 0 aromatic rings. The summed E-state index contributed by atoms with van der Waals surface area (Å²) in [6.07, 6.45) is 82.9. The number of esters is 2. The number of rotatable bonds is 69. The number of unbranched alkanes of at least 4 members (excludes halogenated alkanes) is 52. The third kappa shape index (κ3) is 67.5. The average Bonchev–Trinajstić information content (AvgIpc) is 3.46. The Bertz CT molecular complexity index is 1380. The van der Waals surface area contributed by atoms with Crippen molar-refractivity contribution in [3.63, 3.8) is 0 Å². The van der Waals surface area contributed by atoms with E-state index in [-0.39, 0.29) is 38.6 Å². The van der Waals surface area contributed by atoms with Crippen molar-refractivity contribution in [2.75, 3.05) is 26.4 Å². The molecule has 0 radical (unpaired) electrons. The van der Waals surface area contributed by atoms with Crippen LogP contribution in [0.4, 0.5) is 0 Å². The lowest BCUT2D eigenvalue weighted by Crippen LogP contribution is -2.29. The number of carbonyl (C=O) groups excluding carboxylic acids is 2. The summed E-state index contributed by atoms with van der Waals surface area (Å²) in [5.74, 6) is -0.806. The lowest BCUT2D eigenvalue weighted by atomic mass is 10.0. The summed E-state index contributed by atoms with van der Waals surface area (Å²) in [6, 6.07) is 0. The van der Waals surface area contributed by atoms with Gasteiger partial charge in [0.1, 0.15) is 6.61 Å². The topological polar surface area (TPSA) is 134 Å². The zero-order chi connectivity index (χ0) is 58.7. The van der Waals surface area contributed by atoms with Crippen molar-refractivity contribution in [1.29, 1.82) is 0 Å². The van der Waals surface area contributed by atoms with Crippen molar-refractivity contribution in [2.45, 2.75) is 392 Å². The first-order valence-electron chi connectivity index (χ1n) is 35.8. The molecule has 0 amide bonds. The predicted molar refractivity (Wildman–Crippen MR) is 349 cm³/mol. The number of allylic oxidation sites excluding steroid dienone is 4. The zero-order valence-electron chi connectivity index (χ0n) is 54.1. The molecule has 0 fully saturated rings. The third-order valence-corrected chi connectivity index (χ3v) is 17.3. The van der Waals surface area contributed by atoms with Crippen LogP contribution in [0, 0.1) is 0 Å². The summed E-state index contributed by atoms with van der Waals surface area (Å²) < 4.78 is 33.2. The Morgan fingerprint density at radius 1 is 0.370 bits per heavy atom. The minimum Gasteiger partial charge on any atom is -0.462 e. The molecule has 0 aliphatic carbocycles. The molecule has 10 heteroatoms. The van der Waals surface area contributed by atoms with Gasteiger partial charge in [-0.25, -0.2) is 4.57 Å². The number of carbonyl (C=O) groups is 2. The van der Waals surface area contributed by atoms with Gasteiger partial charge in [0.2, 0.25) is 0 Å². The van der Waals surface area contributed by atoms with Gasteiger partial charge in [-0.3, -0.25) is 18.6 Å². The monoisotopic (exact) mass is 1160 g/mol. The molecular weight excluding hydrogens is 1030 g/mol. The average molecular weight is 1160 g/mol. The highest BCUT2D eigenvalue weighted by Gasteiger charge is 2.26. The Balaban J connectivity index is 3.78. The Kier molecular flexibility index (Phi) is 66.4. The van der Waals surface area contributed by atoms with Gasteiger partial charge >= 0.3 is 19.8 Å². The fourth-order valence-corrected chi connectivity index (χ4v) is 11.8. The summed E-state index contributed by atoms with van der Waals surface area (Å²) >= 11 is 0. The van der Waals surface area contributed by atoms with Gasteiger partial charge < -0.3 is 20.1 Å². The fourth-order valence-electron chi connectivity index (χ4n) is 11.0. The Hall–Kier alpha value is -1.51. The van der Waals surface area contributed by atoms with Crippen LogP contribution in [0.5, 0.6) is 0 Å². The predicted octanol–water partition coefficient (Wildman–Crippen LogP) is 23.3. The molecule has 0 saturated heterocycles. The quantitative estimate of drug-likeness (QED) is 0.0264. The van der Waals surface area contributed by atoms with Gasteiger partial charge in [-0.05, 0) is 44.9 Å². The van der Waals surface area contributed by atoms with Gasteiger partial charge in [0.05, 0.1) is 13.2 Å². The molecule has 0 saturated carbocycles. The van der Waals surface area contributed by atoms with Gasteiger partial charge in [-0.2, -0.15) is 0 Å². The first kappa shape index (κ1) is 79.5. The largest absolute Gasteiger partial charge is 0.472 e. The van der Waals surface area contributed by atoms with Crippen LogP contribution in [-0.2, 0) is 32.7 Å². The lowest BCUT2D eigenvalue weighted by Gasteiger charge is -2.19. The van der Waals surface area contributed by atoms with E-state index in [9.17, 15) is 19.0 Å². The van der Waals surface area contributed by atoms with Crippen LogP contribution in [-0.4, -0.2) is 49.3 Å². The number of hydrogen-bond donors (Lipinski definition) is 2. The van der Waals surface area contributed by atoms with Crippen molar-refractivity contribution in [3.05, 3.63) is 24.3 Å². The van der Waals surface area contributed by atoms with Crippen LogP contribution in [0.2, 0.25) is 0 Å². The highest BCUT2D eigenvalue weighted by Crippen LogP contribution is 2.43. The molecule has 0 bridgehead atoms. The Labute approximate surface area is 503 Å². The fraction of sp³-hybridized carbons (Fsp3) is 0.915. The van der Waals surface area contributed by atoms with E-state index >= 15 is 0 Å². The molecule has 0 aromatic carbocycles. The molecule has 0 rings (SSSR count). The minimum absolute atomic E-state index is 0.0561. The number of ether oxygens (including phenoxy) is 2. The van der Waals surface area contributed by atoms with Crippen LogP contribution in [0.1, 0.15) is 386 Å². The van der Waals surface area contributed by atoms with Gasteiger partial charge in [0, 0.05) is 19.4 Å². The molecule has 2 unspecified atom stereocenters. The highest BCUT2D eigenvalue weighted by molar-refractivity contribution is 7.47. The van der Waals surface area contributed by atoms with Crippen molar-refractivity contribution in [2.24, 2.45) is 5.73 Å². The summed E-state index contributed by atoms with van der Waals surface area (Å²) in [7, 11) is -4.39. The third-order valence-electron chi connectivity index (χ3n) is 16.3. The van der Waals surface area contributed by atoms with E-state index in [0.29, 0.717) is 6.42 Å². The van der Waals surface area contributed by atoms with Gasteiger partial charge in [-0.15, -0.1) is 0 Å². The smallest absolute Gasteiger partial charge is 0.462 e. The van der Waals surface area contributed by atoms with E-state index in [2.05, 4.69) is 38.2 Å². The summed E-state index contributed by atoms with van der Waals surface area (Å²) in [6.45, 7) is 3.81. The molecule has 0 spiro atoms. The molecule has 0 aliphatic heterocycles. The molecule has 81 heavy (non-hydrogen) atoms. The van der Waals surface area contributed by atoms with Gasteiger partial charge in [0.15, 0.2) is 6.10 Å². The molecule has 0 aliphatic rings. The normalized spacial score (nSPS) is 13.0. The number of hydrogen-bond acceptors (Lipinski definition) is 8. The van der Waals surface area contributed by atoms with E-state index in [1.807, 2.05) is 0 Å². The second-order valence-electron chi connectivity index (χ2n) is 24.5. The van der Waals surface area contributed by atoms with Crippen molar-refractivity contribution >= 4 is 19.8 Å². The summed E-state index contributed by atoms with van der Waals surface area (Å²) in [5.41, 5.74) is 5.40. The van der Waals surface area contributed by atoms with Crippen LogP contribution in [0.25, 0.3) is 0 Å². The maximum atomic E-state index is 12.8. The molecule has 480 valence electrons. The van der Waals surface area contributed by atoms with E-state index in [4.69, 9.17) is 24.3 Å². The Morgan fingerprint density at radius 3 is 0.938 bits per heavy atom. The van der Waals surface area contributed by atoms with E-state index in [1.54, 1.807) is 0 Å². The SMILES string of the molecule is CCCCCCC/C=C\C/C=C\CCCCCCCCCCCCCCCC(=O)OC(COC(=O)CCCCCCCCCCCCCCCCCCCCCCCCCCCCCCCCCCCCC)COP(=O)(O)OCCN. The van der Waals surface area contributed by atoms with Gasteiger partial charge in [-0.1, -0.05) is 353 Å². The van der Waals surface area contributed by atoms with Crippen LogP contribution >= 0.6 is 7.82 Å². The zero-order valence-corrected chi connectivity index (χ0v) is 55.0. The maximum absolute atomic E-state index is 12.8. The maximum Gasteiger partial charge on any atom is 0.472 e. The number of nitrogens with two attached hydrogens (primary N) is 1. The van der Waals surface area contributed by atoms with Crippen LogP contribution < -0.4 is 5.73 Å². The molecular formula is C71H138NO8P. The van der Waals surface area contributed by atoms with E-state index < -0.39 is 26.5 Å². The second-order valence-corrected chi connectivity index (χ2v) is 25.9. The number of phosphoric acid groups is 1. The molecule has 9 nitrogen and oxygen atoms in total. The Morgan fingerprint density at radius 2 is 0.642 bits per heavy atom. The van der Waals surface area contributed by atoms with Crippen LogP contribution in [0.15, 0.2) is 24.3 Å². The number of phosphoric ester groups is 1. The lowest BCUT2D eigenvalue weighted by molar-refractivity contribution is -0.161. The highest BCUT2D eigenvalue weighted by atomic mass is 31.2. The molecule has 0 aromatic heterocycles. The summed E-state index contributed by atoms with van der Waals surface area (Å²) in [5, 5.41) is 0. The molecule has 3 N–H and O–H groups in total. The first-order valence-corrected chi connectivity index (χ1v) is 37.3. The minimum atomic E-state index is -4.39. The van der Waals surface area contributed by atoms with Crippen molar-refractivity contribution in [3.8, 4) is 0 Å². The van der Waals surface area contributed by atoms with E-state index in [0.717, 1.165) is 44.9 Å². The second kappa shape index (κ2) is 67.6. The van der Waals surface area contributed by atoms with Gasteiger partial charge in [0.25, 0.3) is 0 Å². The standard InChI is InChI=1S/C71H138NO8P/c1-3-5-7-9-11-13-15-17-19-21-23-25-27-29-30-31-32-33-34-35-36-37-38-40-41-43-45-47-49-51-53-55-57-59-61-63-70(73)77-67-69(68-79-81(75,76)78-66-65-72)80-71(74)64-62-60-58-56-54-52-50-48-46-44-42-39-28-26-24-22-20-18-16-14-12-10-8-6-4-2/h16,18,22,24,69H,3-15,17,19-21,23,25-68,72H2,1-2H3,(H,75,76)/b18-16-,24-22-.